The smallest absolute Gasteiger partial charge is 0.272 e. The first-order valence-corrected chi connectivity index (χ1v) is 9.14. The number of aromatic nitrogens is 2. The van der Waals surface area contributed by atoms with Crippen LogP contribution in [-0.4, -0.2) is 82.1 Å². The second kappa shape index (κ2) is 6.78. The van der Waals surface area contributed by atoms with E-state index in [2.05, 4.69) is 17.0 Å². The third kappa shape index (κ3) is 3.29. The number of amides is 2. The lowest BCUT2D eigenvalue weighted by atomic mass is 9.86. The summed E-state index contributed by atoms with van der Waals surface area (Å²) in [5, 5.41) is 4.41. The van der Waals surface area contributed by atoms with E-state index in [4.69, 9.17) is 0 Å². The van der Waals surface area contributed by atoms with Crippen molar-refractivity contribution in [2.24, 2.45) is 7.05 Å². The van der Waals surface area contributed by atoms with E-state index < -0.39 is 0 Å². The molecular weight excluding hydrogens is 318 g/mol. The SMILES string of the molecule is CCc1cc(C(=O)N2CCN(C)[C@]3(CCC(=O)N(C)CC3)C2)n(C)n1. The molecule has 25 heavy (non-hydrogen) atoms. The predicted octanol–water partition coefficient (Wildman–Crippen LogP) is 0.751. The van der Waals surface area contributed by atoms with Gasteiger partial charge >= 0.3 is 0 Å². The molecule has 0 N–H and O–H groups in total. The first-order valence-electron chi connectivity index (χ1n) is 9.14. The zero-order chi connectivity index (χ0) is 18.2. The van der Waals surface area contributed by atoms with E-state index in [-0.39, 0.29) is 17.4 Å². The van der Waals surface area contributed by atoms with Crippen molar-refractivity contribution in [3.05, 3.63) is 17.5 Å². The van der Waals surface area contributed by atoms with E-state index in [1.165, 1.54) is 0 Å². The fourth-order valence-corrected chi connectivity index (χ4v) is 3.99. The number of rotatable bonds is 2. The van der Waals surface area contributed by atoms with E-state index in [0.29, 0.717) is 25.2 Å². The number of nitrogens with zero attached hydrogens (tertiary/aromatic N) is 5. The van der Waals surface area contributed by atoms with Crippen LogP contribution in [0.25, 0.3) is 0 Å². The summed E-state index contributed by atoms with van der Waals surface area (Å²) in [7, 11) is 5.82. The highest BCUT2D eigenvalue weighted by Crippen LogP contribution is 2.32. The Hall–Kier alpha value is -1.89. The lowest BCUT2D eigenvalue weighted by Crippen LogP contribution is -2.62. The maximum absolute atomic E-state index is 13.1. The number of aryl methyl sites for hydroxylation is 2. The van der Waals surface area contributed by atoms with Crippen molar-refractivity contribution in [2.45, 2.75) is 38.1 Å². The minimum Gasteiger partial charge on any atom is -0.346 e. The molecule has 2 fully saturated rings. The number of likely N-dealkylation sites (N-methyl/N-ethyl adjacent to an activating group) is 1. The lowest BCUT2D eigenvalue weighted by Gasteiger charge is -2.49. The van der Waals surface area contributed by atoms with Crippen LogP contribution in [0, 0.1) is 0 Å². The third-order valence-corrected chi connectivity index (χ3v) is 5.94. The summed E-state index contributed by atoms with van der Waals surface area (Å²) in [4.78, 5) is 31.3. The van der Waals surface area contributed by atoms with Gasteiger partial charge in [0.1, 0.15) is 5.69 Å². The molecule has 1 spiro atoms. The summed E-state index contributed by atoms with van der Waals surface area (Å²) in [5.74, 6) is 0.249. The molecule has 1 aromatic heterocycles. The van der Waals surface area contributed by atoms with Crippen molar-refractivity contribution < 1.29 is 9.59 Å². The van der Waals surface area contributed by atoms with E-state index >= 15 is 0 Å². The summed E-state index contributed by atoms with van der Waals surface area (Å²) in [5.41, 5.74) is 1.48. The summed E-state index contributed by atoms with van der Waals surface area (Å²) >= 11 is 0. The maximum Gasteiger partial charge on any atom is 0.272 e. The van der Waals surface area contributed by atoms with E-state index in [0.717, 1.165) is 38.0 Å². The van der Waals surface area contributed by atoms with Gasteiger partial charge in [-0.2, -0.15) is 5.10 Å². The molecule has 1 atom stereocenters. The highest BCUT2D eigenvalue weighted by Gasteiger charge is 2.43. The molecule has 0 radical (unpaired) electrons. The Kier molecular flexibility index (Phi) is 4.86. The second-order valence-electron chi connectivity index (χ2n) is 7.44. The fourth-order valence-electron chi connectivity index (χ4n) is 3.99. The van der Waals surface area contributed by atoms with Gasteiger partial charge in [0.2, 0.25) is 5.91 Å². The molecule has 0 aliphatic carbocycles. The summed E-state index contributed by atoms with van der Waals surface area (Å²) < 4.78 is 1.69. The summed E-state index contributed by atoms with van der Waals surface area (Å²) in [6, 6.07) is 1.90. The van der Waals surface area contributed by atoms with Gasteiger partial charge in [-0.1, -0.05) is 6.92 Å². The van der Waals surface area contributed by atoms with E-state index in [1.54, 1.807) is 4.68 Å². The Morgan fingerprint density at radius 1 is 1.20 bits per heavy atom. The average molecular weight is 347 g/mol. The van der Waals surface area contributed by atoms with E-state index in [1.807, 2.05) is 36.9 Å². The molecule has 0 aromatic carbocycles. The Balaban J connectivity index is 1.81. The van der Waals surface area contributed by atoms with Crippen molar-refractivity contribution in [3.63, 3.8) is 0 Å². The number of likely N-dealkylation sites (tertiary alicyclic amines) is 1. The highest BCUT2D eigenvalue weighted by atomic mass is 16.2. The molecule has 3 heterocycles. The first kappa shape index (κ1) is 17.9. The number of hydrogen-bond acceptors (Lipinski definition) is 4. The highest BCUT2D eigenvalue weighted by molar-refractivity contribution is 5.93. The van der Waals surface area contributed by atoms with Crippen LogP contribution in [0.3, 0.4) is 0 Å². The van der Waals surface area contributed by atoms with Crippen molar-refractivity contribution >= 4 is 11.8 Å². The van der Waals surface area contributed by atoms with Crippen LogP contribution < -0.4 is 0 Å². The normalized spacial score (nSPS) is 25.5. The van der Waals surface area contributed by atoms with Crippen molar-refractivity contribution in [1.82, 2.24) is 24.5 Å². The lowest BCUT2D eigenvalue weighted by molar-refractivity contribution is -0.129. The van der Waals surface area contributed by atoms with Gasteiger partial charge < -0.3 is 9.80 Å². The molecule has 0 saturated carbocycles. The van der Waals surface area contributed by atoms with Crippen LogP contribution in [-0.2, 0) is 18.3 Å². The van der Waals surface area contributed by atoms with Gasteiger partial charge in [0, 0.05) is 52.2 Å². The monoisotopic (exact) mass is 347 g/mol. The van der Waals surface area contributed by atoms with Crippen LogP contribution in [0.5, 0.6) is 0 Å². The quantitative estimate of drug-likeness (QED) is 0.792. The molecule has 7 nitrogen and oxygen atoms in total. The summed E-state index contributed by atoms with van der Waals surface area (Å²) in [6.45, 7) is 5.02. The van der Waals surface area contributed by atoms with Crippen molar-refractivity contribution in [2.75, 3.05) is 40.3 Å². The minimum atomic E-state index is -0.111. The van der Waals surface area contributed by atoms with Crippen LogP contribution in [0.4, 0.5) is 0 Å². The zero-order valence-corrected chi connectivity index (χ0v) is 15.8. The van der Waals surface area contributed by atoms with Crippen molar-refractivity contribution in [1.29, 1.82) is 0 Å². The molecule has 7 heteroatoms. The van der Waals surface area contributed by atoms with Gasteiger partial charge in [-0.25, -0.2) is 0 Å². The van der Waals surface area contributed by atoms with Gasteiger partial charge in [0.15, 0.2) is 0 Å². The van der Waals surface area contributed by atoms with Gasteiger partial charge in [-0.15, -0.1) is 0 Å². The van der Waals surface area contributed by atoms with Crippen LogP contribution in [0.15, 0.2) is 6.07 Å². The van der Waals surface area contributed by atoms with Crippen LogP contribution in [0.1, 0.15) is 42.4 Å². The Morgan fingerprint density at radius 2 is 1.96 bits per heavy atom. The fraction of sp³-hybridized carbons (Fsp3) is 0.722. The van der Waals surface area contributed by atoms with Crippen LogP contribution >= 0.6 is 0 Å². The molecule has 2 saturated heterocycles. The Bertz CT molecular complexity index is 670. The molecule has 0 bridgehead atoms. The standard InChI is InChI=1S/C18H29N5O2/c1-5-14-12-15(22(4)19-14)17(25)23-11-10-21(3)18(13-23)7-6-16(24)20(2)9-8-18/h12H,5-11,13H2,1-4H3/t18-/m0/s1. The van der Waals surface area contributed by atoms with Gasteiger partial charge in [-0.05, 0) is 32.4 Å². The van der Waals surface area contributed by atoms with E-state index in [9.17, 15) is 9.59 Å². The molecule has 0 unspecified atom stereocenters. The topological polar surface area (TPSA) is 61.7 Å². The maximum atomic E-state index is 13.1. The number of hydrogen-bond donors (Lipinski definition) is 0. The zero-order valence-electron chi connectivity index (χ0n) is 15.8. The Morgan fingerprint density at radius 3 is 2.64 bits per heavy atom. The summed E-state index contributed by atoms with van der Waals surface area (Å²) in [6.07, 6.45) is 3.08. The van der Waals surface area contributed by atoms with Gasteiger partial charge in [-0.3, -0.25) is 19.2 Å². The van der Waals surface area contributed by atoms with Crippen LogP contribution in [0.2, 0.25) is 0 Å². The van der Waals surface area contributed by atoms with Gasteiger partial charge in [0.05, 0.1) is 5.69 Å². The minimum absolute atomic E-state index is 0.0473. The molecule has 2 amide bonds. The molecule has 3 rings (SSSR count). The average Bonchev–Trinajstić information content (AvgIpc) is 2.93. The predicted molar refractivity (Wildman–Crippen MR) is 95.3 cm³/mol. The number of carbonyl (C=O) groups excluding carboxylic acids is 2. The van der Waals surface area contributed by atoms with Gasteiger partial charge in [0.25, 0.3) is 5.91 Å². The Labute approximate surface area is 149 Å². The molecule has 2 aliphatic rings. The van der Waals surface area contributed by atoms with Crippen molar-refractivity contribution in [3.8, 4) is 0 Å². The molecule has 1 aromatic rings. The molecular formula is C18H29N5O2. The molecule has 2 aliphatic heterocycles. The number of carbonyl (C=O) groups is 2. The first-order chi connectivity index (χ1) is 11.9. The third-order valence-electron chi connectivity index (χ3n) is 5.94. The largest absolute Gasteiger partial charge is 0.346 e. The number of piperazine rings is 1. The molecule has 138 valence electrons. The second-order valence-corrected chi connectivity index (χ2v) is 7.44.